The van der Waals surface area contributed by atoms with Crippen LogP contribution in [0.25, 0.3) is 0 Å². The number of hydrogen-bond donors (Lipinski definition) is 2. The van der Waals surface area contributed by atoms with Crippen LogP contribution in [0.1, 0.15) is 30.4 Å². The van der Waals surface area contributed by atoms with Crippen molar-refractivity contribution < 1.29 is 18.0 Å². The summed E-state index contributed by atoms with van der Waals surface area (Å²) in [5.41, 5.74) is -0.390. The third kappa shape index (κ3) is 3.50. The van der Waals surface area contributed by atoms with E-state index in [2.05, 4.69) is 10.6 Å². The molecule has 1 aliphatic heterocycles. The quantitative estimate of drug-likeness (QED) is 0.877. The highest BCUT2D eigenvalue weighted by Gasteiger charge is 2.32. The second kappa shape index (κ2) is 5.83. The highest BCUT2D eigenvalue weighted by molar-refractivity contribution is 5.95. The van der Waals surface area contributed by atoms with Crippen LogP contribution in [0.15, 0.2) is 18.2 Å². The summed E-state index contributed by atoms with van der Waals surface area (Å²) in [6.07, 6.45) is -1.73. The summed E-state index contributed by atoms with van der Waals surface area (Å²) in [6.45, 7) is 2.16. The Morgan fingerprint density at radius 2 is 2.10 bits per heavy atom. The molecule has 1 atom stereocenters. The van der Waals surface area contributed by atoms with E-state index in [4.69, 9.17) is 0 Å². The van der Waals surface area contributed by atoms with E-state index in [1.807, 2.05) is 0 Å². The van der Waals surface area contributed by atoms with Gasteiger partial charge < -0.3 is 10.6 Å². The van der Waals surface area contributed by atoms with Crippen molar-refractivity contribution in [2.75, 3.05) is 11.9 Å². The van der Waals surface area contributed by atoms with Crippen LogP contribution in [-0.4, -0.2) is 18.5 Å². The molecule has 1 heterocycles. The lowest BCUT2D eigenvalue weighted by Gasteiger charge is -2.22. The van der Waals surface area contributed by atoms with Crippen LogP contribution in [0.4, 0.5) is 18.9 Å². The van der Waals surface area contributed by atoms with E-state index in [0.717, 1.165) is 25.5 Å². The zero-order valence-electron chi connectivity index (χ0n) is 11.2. The van der Waals surface area contributed by atoms with E-state index in [0.29, 0.717) is 6.42 Å². The van der Waals surface area contributed by atoms with E-state index < -0.39 is 11.7 Å². The molecule has 110 valence electrons. The van der Waals surface area contributed by atoms with Gasteiger partial charge in [0.25, 0.3) is 0 Å². The molecule has 1 aromatic carbocycles. The van der Waals surface area contributed by atoms with Crippen LogP contribution < -0.4 is 10.6 Å². The summed E-state index contributed by atoms with van der Waals surface area (Å²) in [5.74, 6) is -0.276. The first-order valence-corrected chi connectivity index (χ1v) is 6.60. The summed E-state index contributed by atoms with van der Waals surface area (Å²) >= 11 is 0. The zero-order chi connectivity index (χ0) is 14.8. The first-order chi connectivity index (χ1) is 9.38. The van der Waals surface area contributed by atoms with Gasteiger partial charge in [0.1, 0.15) is 0 Å². The van der Waals surface area contributed by atoms with Crippen LogP contribution in [-0.2, 0) is 11.0 Å². The van der Waals surface area contributed by atoms with Crippen molar-refractivity contribution in [3.63, 3.8) is 0 Å². The van der Waals surface area contributed by atoms with Gasteiger partial charge in [-0.15, -0.1) is 0 Å². The molecule has 20 heavy (non-hydrogen) atoms. The summed E-state index contributed by atoms with van der Waals surface area (Å²) in [6, 6.07) is 3.52. The number of carbonyl (C=O) groups is 1. The molecule has 0 aromatic heterocycles. The summed E-state index contributed by atoms with van der Waals surface area (Å²) < 4.78 is 38.4. The van der Waals surface area contributed by atoms with Gasteiger partial charge in [-0.05, 0) is 44.0 Å². The molecule has 1 aliphatic rings. The number of aryl methyl sites for hydroxylation is 1. The summed E-state index contributed by atoms with van der Waals surface area (Å²) in [7, 11) is 0. The van der Waals surface area contributed by atoms with Crippen molar-refractivity contribution in [1.29, 1.82) is 0 Å². The third-order valence-corrected chi connectivity index (χ3v) is 3.44. The number of amides is 1. The lowest BCUT2D eigenvalue weighted by atomic mass is 10.0. The lowest BCUT2D eigenvalue weighted by Crippen LogP contribution is -2.43. The molecule has 1 aromatic rings. The Hall–Kier alpha value is -1.56. The van der Waals surface area contributed by atoms with Crippen molar-refractivity contribution in [2.24, 2.45) is 0 Å². The molecule has 0 unspecified atom stereocenters. The Morgan fingerprint density at radius 1 is 1.35 bits per heavy atom. The predicted molar refractivity (Wildman–Crippen MR) is 70.5 cm³/mol. The molecule has 2 rings (SSSR count). The minimum Gasteiger partial charge on any atom is -0.325 e. The molecular weight excluding hydrogens is 269 g/mol. The average molecular weight is 286 g/mol. The van der Waals surface area contributed by atoms with Gasteiger partial charge in [0.05, 0.1) is 11.6 Å². The largest absolute Gasteiger partial charge is 0.416 e. The first-order valence-electron chi connectivity index (χ1n) is 6.60. The van der Waals surface area contributed by atoms with E-state index in [9.17, 15) is 18.0 Å². The predicted octanol–water partition coefficient (Wildman–Crippen LogP) is 3.09. The fourth-order valence-electron chi connectivity index (χ4n) is 2.31. The Bertz CT molecular complexity index is 494. The molecule has 1 saturated heterocycles. The number of halogens is 3. The van der Waals surface area contributed by atoms with Crippen molar-refractivity contribution in [2.45, 2.75) is 38.4 Å². The molecule has 1 amide bonds. The van der Waals surface area contributed by atoms with Gasteiger partial charge in [-0.25, -0.2) is 0 Å². The lowest BCUT2D eigenvalue weighted by molar-refractivity contribution is -0.138. The Balaban J connectivity index is 2.11. The molecule has 3 nitrogen and oxygen atoms in total. The molecule has 0 saturated carbocycles. The maximum atomic E-state index is 12.8. The number of hydrogen-bond acceptors (Lipinski definition) is 2. The number of alkyl halides is 3. The topological polar surface area (TPSA) is 41.1 Å². The third-order valence-electron chi connectivity index (χ3n) is 3.44. The van der Waals surface area contributed by atoms with Crippen LogP contribution in [0.3, 0.4) is 0 Å². The molecule has 0 bridgehead atoms. The van der Waals surface area contributed by atoms with Crippen LogP contribution in [0.5, 0.6) is 0 Å². The van der Waals surface area contributed by atoms with Gasteiger partial charge in [0.15, 0.2) is 0 Å². The van der Waals surface area contributed by atoms with Gasteiger partial charge in [-0.3, -0.25) is 4.79 Å². The number of benzene rings is 1. The number of rotatable bonds is 2. The van der Waals surface area contributed by atoms with Crippen LogP contribution in [0.2, 0.25) is 0 Å². The van der Waals surface area contributed by atoms with Gasteiger partial charge in [0.2, 0.25) is 5.91 Å². The average Bonchev–Trinajstić information content (AvgIpc) is 2.40. The number of nitrogens with one attached hydrogen (secondary N) is 2. The van der Waals surface area contributed by atoms with E-state index in [1.54, 1.807) is 0 Å². The SMILES string of the molecule is Cc1ccc(NC(=O)[C@@H]2CCCCN2)cc1C(F)(F)F. The Labute approximate surface area is 115 Å². The highest BCUT2D eigenvalue weighted by Crippen LogP contribution is 2.33. The molecule has 0 aliphatic carbocycles. The van der Waals surface area contributed by atoms with Crippen molar-refractivity contribution in [3.8, 4) is 0 Å². The summed E-state index contributed by atoms with van der Waals surface area (Å²) in [4.78, 5) is 12.0. The smallest absolute Gasteiger partial charge is 0.325 e. The van der Waals surface area contributed by atoms with Gasteiger partial charge in [0, 0.05) is 5.69 Å². The number of piperidine rings is 1. The second-order valence-electron chi connectivity index (χ2n) is 5.02. The fraction of sp³-hybridized carbons (Fsp3) is 0.500. The van der Waals surface area contributed by atoms with Gasteiger partial charge in [-0.2, -0.15) is 13.2 Å². The minimum atomic E-state index is -4.41. The molecule has 0 radical (unpaired) electrons. The molecule has 0 spiro atoms. The molecule has 1 fully saturated rings. The molecule has 2 N–H and O–H groups in total. The molecular formula is C14H17F3N2O. The standard InChI is InChI=1S/C14H17F3N2O/c1-9-5-6-10(8-11(9)14(15,16)17)19-13(20)12-4-2-3-7-18-12/h5-6,8,12,18H,2-4,7H2,1H3,(H,19,20)/t12-/m0/s1. The maximum absolute atomic E-state index is 12.8. The normalized spacial score (nSPS) is 19.7. The zero-order valence-corrected chi connectivity index (χ0v) is 11.2. The van der Waals surface area contributed by atoms with Gasteiger partial charge >= 0.3 is 6.18 Å². The summed E-state index contributed by atoms with van der Waals surface area (Å²) in [5, 5.41) is 5.61. The fourth-order valence-corrected chi connectivity index (χ4v) is 2.31. The molecule has 6 heteroatoms. The Morgan fingerprint density at radius 3 is 2.70 bits per heavy atom. The van der Waals surface area contributed by atoms with Crippen LogP contribution in [0, 0.1) is 6.92 Å². The van der Waals surface area contributed by atoms with Crippen molar-refractivity contribution in [3.05, 3.63) is 29.3 Å². The van der Waals surface area contributed by atoms with Crippen molar-refractivity contribution >= 4 is 11.6 Å². The maximum Gasteiger partial charge on any atom is 0.416 e. The van der Waals surface area contributed by atoms with E-state index in [1.165, 1.54) is 19.1 Å². The highest BCUT2D eigenvalue weighted by atomic mass is 19.4. The number of anilines is 1. The minimum absolute atomic E-state index is 0.145. The van der Waals surface area contributed by atoms with Crippen LogP contribution >= 0.6 is 0 Å². The first kappa shape index (κ1) is 14.8. The van der Waals surface area contributed by atoms with Gasteiger partial charge in [-0.1, -0.05) is 12.5 Å². The van der Waals surface area contributed by atoms with Crippen molar-refractivity contribution in [1.82, 2.24) is 5.32 Å². The number of carbonyl (C=O) groups excluding carboxylic acids is 1. The monoisotopic (exact) mass is 286 g/mol. The second-order valence-corrected chi connectivity index (χ2v) is 5.02. The Kier molecular flexibility index (Phi) is 4.32. The van der Waals surface area contributed by atoms with E-state index >= 15 is 0 Å². The van der Waals surface area contributed by atoms with E-state index in [-0.39, 0.29) is 23.2 Å².